The zero-order valence-electron chi connectivity index (χ0n) is 17.4. The number of hydrogen-bond donors (Lipinski definition) is 1. The van der Waals surface area contributed by atoms with Crippen LogP contribution in [0.5, 0.6) is 5.88 Å². The molecule has 0 saturated carbocycles. The maximum absolute atomic E-state index is 12.0. The van der Waals surface area contributed by atoms with Gasteiger partial charge in [-0.15, -0.1) is 0 Å². The molecule has 0 spiro atoms. The molecule has 2 heterocycles. The molecule has 3 aromatic rings. The molecule has 1 aliphatic rings. The minimum absolute atomic E-state index is 0.265. The molecule has 2 aromatic carbocycles. The van der Waals surface area contributed by atoms with Crippen LogP contribution in [0, 0.1) is 0 Å². The number of amides is 1. The van der Waals surface area contributed by atoms with Crippen molar-refractivity contribution in [3.05, 3.63) is 83.0 Å². The molecule has 1 aliphatic heterocycles. The number of ether oxygens (including phenoxy) is 1. The molecule has 0 radical (unpaired) electrons. The lowest BCUT2D eigenvalue weighted by atomic mass is 10.1. The summed E-state index contributed by atoms with van der Waals surface area (Å²) in [5.41, 5.74) is 4.46. The Morgan fingerprint density at radius 1 is 0.935 bits per heavy atom. The maximum Gasteiger partial charge on any atom is 0.413 e. The van der Waals surface area contributed by atoms with Gasteiger partial charge in [-0.1, -0.05) is 48.0 Å². The van der Waals surface area contributed by atoms with Gasteiger partial charge >= 0.3 is 6.09 Å². The first-order valence-corrected chi connectivity index (χ1v) is 11.0. The van der Waals surface area contributed by atoms with Crippen LogP contribution in [0.1, 0.15) is 24.0 Å². The van der Waals surface area contributed by atoms with Gasteiger partial charge in [-0.25, -0.2) is 9.78 Å². The van der Waals surface area contributed by atoms with Crippen LogP contribution in [-0.2, 0) is 13.0 Å². The van der Waals surface area contributed by atoms with E-state index >= 15 is 0 Å². The topological polar surface area (TPSA) is 54.5 Å². The minimum Gasteiger partial charge on any atom is -0.391 e. The summed E-state index contributed by atoms with van der Waals surface area (Å²) in [4.78, 5) is 18.8. The van der Waals surface area contributed by atoms with Crippen molar-refractivity contribution in [3.8, 4) is 17.0 Å². The van der Waals surface area contributed by atoms with Crippen molar-refractivity contribution in [3.63, 3.8) is 0 Å². The minimum atomic E-state index is -0.502. The standard InChI is InChI=1S/C25H26ClN3O2/c26-23-10-7-21(8-11-23)22-9-12-24(28-17-22)31-25(30)27-14-13-19-3-5-20(6-4-19)18-29-15-1-2-16-29/h3-12,17H,1-2,13-16,18H2,(H,27,30). The first-order chi connectivity index (χ1) is 15.2. The van der Waals surface area contributed by atoms with E-state index in [-0.39, 0.29) is 5.88 Å². The van der Waals surface area contributed by atoms with Crippen molar-refractivity contribution in [1.29, 1.82) is 0 Å². The number of pyridine rings is 1. The molecule has 1 N–H and O–H groups in total. The number of hydrogen-bond acceptors (Lipinski definition) is 4. The van der Waals surface area contributed by atoms with E-state index in [0.29, 0.717) is 11.6 Å². The van der Waals surface area contributed by atoms with Gasteiger partial charge in [0.25, 0.3) is 0 Å². The molecule has 160 valence electrons. The Hall–Kier alpha value is -2.89. The number of benzene rings is 2. The highest BCUT2D eigenvalue weighted by Crippen LogP contribution is 2.22. The second-order valence-electron chi connectivity index (χ2n) is 7.76. The van der Waals surface area contributed by atoms with Crippen molar-refractivity contribution >= 4 is 17.7 Å². The molecule has 1 saturated heterocycles. The van der Waals surface area contributed by atoms with Crippen molar-refractivity contribution in [2.45, 2.75) is 25.8 Å². The number of likely N-dealkylation sites (tertiary alicyclic amines) is 1. The molecule has 6 heteroatoms. The molecule has 5 nitrogen and oxygen atoms in total. The van der Waals surface area contributed by atoms with Gasteiger partial charge in [0, 0.05) is 35.9 Å². The van der Waals surface area contributed by atoms with Gasteiger partial charge < -0.3 is 10.1 Å². The van der Waals surface area contributed by atoms with Crippen LogP contribution in [0.2, 0.25) is 5.02 Å². The zero-order chi connectivity index (χ0) is 21.5. The predicted octanol–water partition coefficient (Wildman–Crippen LogP) is 5.33. The fourth-order valence-corrected chi connectivity index (χ4v) is 3.83. The first kappa shape index (κ1) is 21.3. The molecule has 1 fully saturated rings. The molecule has 31 heavy (non-hydrogen) atoms. The quantitative estimate of drug-likeness (QED) is 0.545. The third-order valence-electron chi connectivity index (χ3n) is 5.42. The number of carbonyl (C=O) groups is 1. The Balaban J connectivity index is 1.20. The highest BCUT2D eigenvalue weighted by atomic mass is 35.5. The van der Waals surface area contributed by atoms with E-state index in [9.17, 15) is 4.79 Å². The molecule has 0 atom stereocenters. The summed E-state index contributed by atoms with van der Waals surface area (Å²) in [6, 6.07) is 19.7. The van der Waals surface area contributed by atoms with Crippen LogP contribution in [0.15, 0.2) is 66.9 Å². The van der Waals surface area contributed by atoms with E-state index in [2.05, 4.69) is 39.5 Å². The summed E-state index contributed by atoms with van der Waals surface area (Å²) in [6.45, 7) is 3.93. The van der Waals surface area contributed by atoms with E-state index in [1.165, 1.54) is 37.1 Å². The molecule has 1 amide bonds. The van der Waals surface area contributed by atoms with Crippen LogP contribution >= 0.6 is 11.6 Å². The zero-order valence-corrected chi connectivity index (χ0v) is 18.1. The van der Waals surface area contributed by atoms with Gasteiger partial charge in [0.15, 0.2) is 0 Å². The second-order valence-corrected chi connectivity index (χ2v) is 8.19. The number of nitrogens with zero attached hydrogens (tertiary/aromatic N) is 2. The largest absolute Gasteiger partial charge is 0.413 e. The lowest BCUT2D eigenvalue weighted by molar-refractivity contribution is 0.199. The van der Waals surface area contributed by atoms with Crippen LogP contribution in [-0.4, -0.2) is 35.6 Å². The van der Waals surface area contributed by atoms with Crippen molar-refractivity contribution in [1.82, 2.24) is 15.2 Å². The fraction of sp³-hybridized carbons (Fsp3) is 0.280. The number of rotatable bonds is 7. The molecule has 0 aliphatic carbocycles. The lowest BCUT2D eigenvalue weighted by Gasteiger charge is -2.14. The van der Waals surface area contributed by atoms with Crippen molar-refractivity contribution in [2.24, 2.45) is 0 Å². The second kappa shape index (κ2) is 10.4. The van der Waals surface area contributed by atoms with Crippen LogP contribution in [0.25, 0.3) is 11.1 Å². The van der Waals surface area contributed by atoms with E-state index in [4.69, 9.17) is 16.3 Å². The van der Waals surface area contributed by atoms with E-state index < -0.39 is 6.09 Å². The van der Waals surface area contributed by atoms with Crippen LogP contribution in [0.3, 0.4) is 0 Å². The third kappa shape index (κ3) is 6.29. The van der Waals surface area contributed by atoms with E-state index in [0.717, 1.165) is 24.1 Å². The lowest BCUT2D eigenvalue weighted by Crippen LogP contribution is -2.29. The van der Waals surface area contributed by atoms with Crippen LogP contribution < -0.4 is 10.1 Å². The molecular weight excluding hydrogens is 410 g/mol. The Morgan fingerprint density at radius 3 is 2.29 bits per heavy atom. The monoisotopic (exact) mass is 435 g/mol. The summed E-state index contributed by atoms with van der Waals surface area (Å²) < 4.78 is 5.27. The average Bonchev–Trinajstić information content (AvgIpc) is 3.29. The molecule has 0 unspecified atom stereocenters. The van der Waals surface area contributed by atoms with Crippen molar-refractivity contribution < 1.29 is 9.53 Å². The normalized spacial score (nSPS) is 13.8. The molecule has 4 rings (SSSR count). The average molecular weight is 436 g/mol. The van der Waals surface area contributed by atoms with Crippen molar-refractivity contribution in [2.75, 3.05) is 19.6 Å². The van der Waals surface area contributed by atoms with Gasteiger partial charge in [-0.05, 0) is 67.2 Å². The third-order valence-corrected chi connectivity index (χ3v) is 5.67. The molecule has 0 bridgehead atoms. The summed E-state index contributed by atoms with van der Waals surface area (Å²) in [5.74, 6) is 0.265. The first-order valence-electron chi connectivity index (χ1n) is 10.6. The van der Waals surface area contributed by atoms with Crippen LogP contribution in [0.4, 0.5) is 4.79 Å². The summed E-state index contributed by atoms with van der Waals surface area (Å²) in [7, 11) is 0. The van der Waals surface area contributed by atoms with E-state index in [1.807, 2.05) is 30.3 Å². The Labute approximate surface area is 188 Å². The maximum atomic E-state index is 12.0. The van der Waals surface area contributed by atoms with Gasteiger partial charge in [-0.3, -0.25) is 4.90 Å². The van der Waals surface area contributed by atoms with Gasteiger partial charge in [0.1, 0.15) is 0 Å². The van der Waals surface area contributed by atoms with Gasteiger partial charge in [0.05, 0.1) is 0 Å². The molecule has 1 aromatic heterocycles. The highest BCUT2D eigenvalue weighted by molar-refractivity contribution is 6.30. The van der Waals surface area contributed by atoms with E-state index in [1.54, 1.807) is 12.3 Å². The summed E-state index contributed by atoms with van der Waals surface area (Å²) in [5, 5.41) is 3.47. The smallest absolute Gasteiger partial charge is 0.391 e. The number of halogens is 1. The Kier molecular flexibility index (Phi) is 7.18. The van der Waals surface area contributed by atoms with Gasteiger partial charge in [0.2, 0.25) is 5.88 Å². The Bertz CT molecular complexity index is 983. The number of aromatic nitrogens is 1. The fourth-order valence-electron chi connectivity index (χ4n) is 3.70. The highest BCUT2D eigenvalue weighted by Gasteiger charge is 2.11. The number of carbonyl (C=O) groups excluding carboxylic acids is 1. The number of nitrogens with one attached hydrogen (secondary N) is 1. The summed E-state index contributed by atoms with van der Waals surface area (Å²) >= 11 is 5.92. The summed E-state index contributed by atoms with van der Waals surface area (Å²) in [6.07, 6.45) is 4.54. The molecular formula is C25H26ClN3O2. The van der Waals surface area contributed by atoms with Gasteiger partial charge in [-0.2, -0.15) is 0 Å². The Morgan fingerprint density at radius 2 is 1.61 bits per heavy atom. The SMILES string of the molecule is O=C(NCCc1ccc(CN2CCCC2)cc1)Oc1ccc(-c2ccc(Cl)cc2)cn1. The predicted molar refractivity (Wildman–Crippen MR) is 123 cm³/mol.